The Morgan fingerprint density at radius 2 is 2.17 bits per heavy atom. The lowest BCUT2D eigenvalue weighted by molar-refractivity contribution is -0.129. The molecule has 3 rings (SSSR count). The van der Waals surface area contributed by atoms with Crippen LogP contribution in [0, 0.1) is 12.8 Å². The fourth-order valence-electron chi connectivity index (χ4n) is 2.89. The Morgan fingerprint density at radius 3 is 2.83 bits per heavy atom. The molecule has 23 heavy (non-hydrogen) atoms. The van der Waals surface area contributed by atoms with Gasteiger partial charge in [-0.3, -0.25) is 4.79 Å². The molecule has 1 saturated heterocycles. The summed E-state index contributed by atoms with van der Waals surface area (Å²) in [6.45, 7) is 5.26. The molecular weight excluding hydrogens is 308 g/mol. The average molecular weight is 330 g/mol. The topological polar surface area (TPSA) is 53.4 Å². The second kappa shape index (κ2) is 6.81. The Hall–Kier alpha value is -1.72. The van der Waals surface area contributed by atoms with Crippen molar-refractivity contribution >= 4 is 17.2 Å². The number of carbonyl (C=O) groups is 1. The van der Waals surface area contributed by atoms with Crippen molar-refractivity contribution in [3.05, 3.63) is 40.9 Å². The lowest BCUT2D eigenvalue weighted by Crippen LogP contribution is -2.31. The maximum atomic E-state index is 12.4. The molecule has 2 atom stereocenters. The number of amides is 1. The van der Waals surface area contributed by atoms with E-state index in [4.69, 9.17) is 0 Å². The lowest BCUT2D eigenvalue weighted by Gasteiger charge is -2.17. The molecule has 5 heteroatoms. The van der Waals surface area contributed by atoms with Crippen molar-refractivity contribution in [1.29, 1.82) is 0 Å². The minimum atomic E-state index is -0.347. The molecule has 0 spiro atoms. The monoisotopic (exact) mass is 330 g/mol. The molecule has 1 N–H and O–H groups in total. The van der Waals surface area contributed by atoms with Crippen molar-refractivity contribution in [2.45, 2.75) is 32.8 Å². The summed E-state index contributed by atoms with van der Waals surface area (Å²) in [7, 11) is 0. The maximum Gasteiger partial charge on any atom is 0.228 e. The summed E-state index contributed by atoms with van der Waals surface area (Å²) in [5.74, 6) is 0.311. The van der Waals surface area contributed by atoms with E-state index in [2.05, 4.69) is 36.2 Å². The highest BCUT2D eigenvalue weighted by molar-refractivity contribution is 7.13. The van der Waals surface area contributed by atoms with Crippen LogP contribution in [0.4, 0.5) is 0 Å². The molecule has 2 aromatic rings. The fraction of sp³-hybridized carbons (Fsp3) is 0.444. The highest BCUT2D eigenvalue weighted by Crippen LogP contribution is 2.25. The molecule has 0 bridgehead atoms. The number of hydrogen-bond acceptors (Lipinski definition) is 4. The zero-order valence-corrected chi connectivity index (χ0v) is 14.3. The highest BCUT2D eigenvalue weighted by Gasteiger charge is 2.29. The summed E-state index contributed by atoms with van der Waals surface area (Å²) >= 11 is 1.58. The van der Waals surface area contributed by atoms with Gasteiger partial charge < -0.3 is 10.0 Å². The number of hydrogen-bond donors (Lipinski definition) is 1. The summed E-state index contributed by atoms with van der Waals surface area (Å²) < 4.78 is 0. The molecule has 1 aromatic heterocycles. The molecule has 1 amide bonds. The van der Waals surface area contributed by atoms with Crippen LogP contribution in [-0.2, 0) is 11.2 Å². The van der Waals surface area contributed by atoms with Gasteiger partial charge >= 0.3 is 0 Å². The van der Waals surface area contributed by atoms with Crippen LogP contribution >= 0.6 is 11.3 Å². The largest absolute Gasteiger partial charge is 0.393 e. The average Bonchev–Trinajstić information content (AvgIpc) is 3.17. The van der Waals surface area contributed by atoms with Crippen molar-refractivity contribution < 1.29 is 9.90 Å². The zero-order chi connectivity index (χ0) is 16.4. The van der Waals surface area contributed by atoms with Crippen molar-refractivity contribution in [1.82, 2.24) is 9.88 Å². The van der Waals surface area contributed by atoms with E-state index in [9.17, 15) is 9.90 Å². The summed E-state index contributed by atoms with van der Waals surface area (Å²) in [5, 5.41) is 12.6. The number of rotatable bonds is 4. The standard InChI is InChI=1S/C18H22N2O2S/c1-12-3-5-14(6-4-12)18-19-16(11-23-18)9-17(22)20-8-7-15(10-20)13(2)21/h3-6,11,13,15,21H,7-10H2,1-2H3. The first-order valence-corrected chi connectivity index (χ1v) is 8.88. The first kappa shape index (κ1) is 16.1. The van der Waals surface area contributed by atoms with Crippen LogP contribution in [0.25, 0.3) is 10.6 Å². The van der Waals surface area contributed by atoms with Gasteiger partial charge in [-0.1, -0.05) is 29.8 Å². The number of aliphatic hydroxyl groups excluding tert-OH is 1. The second-order valence-corrected chi connectivity index (χ2v) is 7.17. The number of likely N-dealkylation sites (tertiary alicyclic amines) is 1. The molecule has 0 radical (unpaired) electrons. The Morgan fingerprint density at radius 1 is 1.43 bits per heavy atom. The van der Waals surface area contributed by atoms with Crippen LogP contribution in [0.1, 0.15) is 24.6 Å². The van der Waals surface area contributed by atoms with Crippen LogP contribution in [0.2, 0.25) is 0 Å². The molecule has 0 saturated carbocycles. The van der Waals surface area contributed by atoms with Crippen LogP contribution in [0.3, 0.4) is 0 Å². The third kappa shape index (κ3) is 3.79. The number of aryl methyl sites for hydroxylation is 1. The van der Waals surface area contributed by atoms with Crippen LogP contribution in [-0.4, -0.2) is 40.1 Å². The van der Waals surface area contributed by atoms with Gasteiger partial charge in [-0.2, -0.15) is 0 Å². The minimum Gasteiger partial charge on any atom is -0.393 e. The summed E-state index contributed by atoms with van der Waals surface area (Å²) in [6, 6.07) is 8.27. The Labute approximate surface area is 140 Å². The smallest absolute Gasteiger partial charge is 0.228 e. The quantitative estimate of drug-likeness (QED) is 0.938. The Kier molecular flexibility index (Phi) is 4.78. The van der Waals surface area contributed by atoms with Crippen LogP contribution < -0.4 is 0 Å². The molecule has 1 aromatic carbocycles. The summed E-state index contributed by atoms with van der Waals surface area (Å²) in [6.07, 6.45) is 0.879. The number of nitrogens with zero attached hydrogens (tertiary/aromatic N) is 2. The second-order valence-electron chi connectivity index (χ2n) is 6.32. The molecular formula is C18H22N2O2S. The van der Waals surface area contributed by atoms with Gasteiger partial charge in [0.15, 0.2) is 0 Å². The maximum absolute atomic E-state index is 12.4. The van der Waals surface area contributed by atoms with E-state index in [1.807, 2.05) is 10.3 Å². The zero-order valence-electron chi connectivity index (χ0n) is 13.5. The van der Waals surface area contributed by atoms with Crippen molar-refractivity contribution in [3.63, 3.8) is 0 Å². The van der Waals surface area contributed by atoms with Gasteiger partial charge in [-0.25, -0.2) is 4.98 Å². The highest BCUT2D eigenvalue weighted by atomic mass is 32.1. The van der Waals surface area contributed by atoms with Gasteiger partial charge in [-0.15, -0.1) is 11.3 Å². The predicted octanol–water partition coefficient (Wildman–Crippen LogP) is 2.89. The summed E-state index contributed by atoms with van der Waals surface area (Å²) in [4.78, 5) is 18.8. The molecule has 122 valence electrons. The number of aromatic nitrogens is 1. The molecule has 1 aliphatic heterocycles. The van der Waals surface area contributed by atoms with Gasteiger partial charge in [0.05, 0.1) is 18.2 Å². The first-order valence-electron chi connectivity index (χ1n) is 8.00. The minimum absolute atomic E-state index is 0.105. The Bertz CT molecular complexity index is 679. The van der Waals surface area contributed by atoms with E-state index in [1.54, 1.807) is 18.3 Å². The number of aliphatic hydroxyl groups is 1. The molecule has 0 aliphatic carbocycles. The third-order valence-electron chi connectivity index (χ3n) is 4.44. The van der Waals surface area contributed by atoms with Gasteiger partial charge in [0.2, 0.25) is 5.91 Å². The lowest BCUT2D eigenvalue weighted by atomic mass is 10.0. The predicted molar refractivity (Wildman–Crippen MR) is 92.4 cm³/mol. The van der Waals surface area contributed by atoms with Crippen molar-refractivity contribution in [2.75, 3.05) is 13.1 Å². The van der Waals surface area contributed by atoms with E-state index in [0.29, 0.717) is 13.0 Å². The SMILES string of the molecule is Cc1ccc(-c2nc(CC(=O)N3CCC(C(C)O)C3)cs2)cc1. The van der Waals surface area contributed by atoms with Gasteiger partial charge in [0.1, 0.15) is 5.01 Å². The Balaban J connectivity index is 1.63. The van der Waals surface area contributed by atoms with Gasteiger partial charge in [-0.05, 0) is 20.3 Å². The van der Waals surface area contributed by atoms with Gasteiger partial charge in [0.25, 0.3) is 0 Å². The molecule has 2 heterocycles. The molecule has 2 unspecified atom stereocenters. The molecule has 4 nitrogen and oxygen atoms in total. The molecule has 1 aliphatic rings. The van der Waals surface area contributed by atoms with Crippen molar-refractivity contribution in [3.8, 4) is 10.6 Å². The van der Waals surface area contributed by atoms with E-state index >= 15 is 0 Å². The fourth-order valence-corrected chi connectivity index (χ4v) is 3.72. The van der Waals surface area contributed by atoms with Gasteiger partial charge in [0, 0.05) is 30.0 Å². The molecule has 1 fully saturated rings. The van der Waals surface area contributed by atoms with E-state index in [1.165, 1.54) is 5.56 Å². The van der Waals surface area contributed by atoms with Crippen molar-refractivity contribution in [2.24, 2.45) is 5.92 Å². The van der Waals surface area contributed by atoms with Crippen LogP contribution in [0.15, 0.2) is 29.6 Å². The van der Waals surface area contributed by atoms with E-state index in [0.717, 1.165) is 29.2 Å². The first-order chi connectivity index (χ1) is 11.0. The summed E-state index contributed by atoms with van der Waals surface area (Å²) in [5.41, 5.74) is 3.15. The normalized spacial score (nSPS) is 19.1. The van der Waals surface area contributed by atoms with E-state index < -0.39 is 0 Å². The van der Waals surface area contributed by atoms with E-state index in [-0.39, 0.29) is 17.9 Å². The number of carbonyl (C=O) groups excluding carboxylic acids is 1. The van der Waals surface area contributed by atoms with Crippen LogP contribution in [0.5, 0.6) is 0 Å². The number of benzene rings is 1. The third-order valence-corrected chi connectivity index (χ3v) is 5.38. The number of thiazole rings is 1.